The fourth-order valence-electron chi connectivity index (χ4n) is 1.87. The summed E-state index contributed by atoms with van der Waals surface area (Å²) >= 11 is 1.55. The van der Waals surface area contributed by atoms with Gasteiger partial charge in [-0.25, -0.2) is 0 Å². The van der Waals surface area contributed by atoms with Crippen LogP contribution in [0.4, 0.5) is 0 Å². The van der Waals surface area contributed by atoms with Crippen molar-refractivity contribution in [1.29, 1.82) is 5.26 Å². The maximum Gasteiger partial charge on any atom is 0.269 e. The first-order chi connectivity index (χ1) is 8.92. The summed E-state index contributed by atoms with van der Waals surface area (Å²) < 4.78 is 1.59. The van der Waals surface area contributed by atoms with Crippen LogP contribution in [-0.4, -0.2) is 10.1 Å². The van der Waals surface area contributed by atoms with E-state index in [0.717, 1.165) is 10.6 Å². The van der Waals surface area contributed by atoms with Gasteiger partial charge >= 0.3 is 0 Å². The van der Waals surface area contributed by atoms with Crippen LogP contribution < -0.4 is 11.3 Å². The Morgan fingerprint density at radius 3 is 2.68 bits per heavy atom. The zero-order valence-electron chi connectivity index (χ0n) is 10.9. The van der Waals surface area contributed by atoms with Gasteiger partial charge in [-0.05, 0) is 37.4 Å². The van der Waals surface area contributed by atoms with Crippen molar-refractivity contribution in [2.75, 3.05) is 0 Å². The molecule has 0 radical (unpaired) electrons. The van der Waals surface area contributed by atoms with Crippen molar-refractivity contribution < 1.29 is 0 Å². The molecule has 0 saturated carbocycles. The minimum atomic E-state index is -0.524. The first-order valence-corrected chi connectivity index (χ1v) is 6.77. The number of rotatable bonds is 3. The zero-order chi connectivity index (χ0) is 14.0. The number of nitrogens with two attached hydrogens (primary N) is 1. The van der Waals surface area contributed by atoms with Crippen molar-refractivity contribution in [3.05, 3.63) is 45.6 Å². The number of pyridine rings is 1. The molecule has 0 amide bonds. The van der Waals surface area contributed by atoms with Gasteiger partial charge in [-0.15, -0.1) is 11.3 Å². The van der Waals surface area contributed by atoms with Crippen LogP contribution in [0.5, 0.6) is 0 Å². The second kappa shape index (κ2) is 5.00. The lowest BCUT2D eigenvalue weighted by molar-refractivity contribution is 0.429. The maximum absolute atomic E-state index is 12.3. The Kier molecular flexibility index (Phi) is 3.56. The minimum absolute atomic E-state index is 0.143. The molecule has 2 N–H and O–H groups in total. The third-order valence-electron chi connectivity index (χ3n) is 2.63. The van der Waals surface area contributed by atoms with Crippen LogP contribution in [-0.2, 0) is 6.54 Å². The average molecular weight is 273 g/mol. The Balaban J connectivity index is 2.65. The van der Waals surface area contributed by atoms with E-state index in [9.17, 15) is 4.79 Å². The summed E-state index contributed by atoms with van der Waals surface area (Å²) in [5.74, 6) is 0. The Morgan fingerprint density at radius 2 is 2.16 bits per heavy atom. The van der Waals surface area contributed by atoms with E-state index in [2.05, 4.69) is 0 Å². The lowest BCUT2D eigenvalue weighted by Gasteiger charge is -2.22. The molecule has 2 aromatic rings. The molecule has 0 aliphatic carbocycles. The van der Waals surface area contributed by atoms with Gasteiger partial charge in [0.15, 0.2) is 0 Å². The van der Waals surface area contributed by atoms with Crippen LogP contribution in [0.2, 0.25) is 0 Å². The van der Waals surface area contributed by atoms with E-state index < -0.39 is 5.54 Å². The van der Waals surface area contributed by atoms with Crippen LogP contribution in [0.1, 0.15) is 19.4 Å². The predicted octanol–water partition coefficient (Wildman–Crippen LogP) is 2.19. The largest absolute Gasteiger partial charge is 0.324 e. The normalized spacial score (nSPS) is 11.3. The number of thiophene rings is 1. The average Bonchev–Trinajstić information content (AvgIpc) is 2.83. The quantitative estimate of drug-likeness (QED) is 0.931. The first-order valence-electron chi connectivity index (χ1n) is 5.89. The van der Waals surface area contributed by atoms with Gasteiger partial charge in [0.25, 0.3) is 5.56 Å². The topological polar surface area (TPSA) is 71.8 Å². The zero-order valence-corrected chi connectivity index (χ0v) is 11.7. The monoisotopic (exact) mass is 273 g/mol. The highest BCUT2D eigenvalue weighted by molar-refractivity contribution is 7.13. The second-order valence-corrected chi connectivity index (χ2v) is 6.05. The lowest BCUT2D eigenvalue weighted by Crippen LogP contribution is -2.41. The minimum Gasteiger partial charge on any atom is -0.324 e. The van der Waals surface area contributed by atoms with Gasteiger partial charge in [0, 0.05) is 12.1 Å². The first kappa shape index (κ1) is 13.5. The highest BCUT2D eigenvalue weighted by Crippen LogP contribution is 2.24. The SMILES string of the molecule is CC(C)(N)Cn1c(-c2cccs2)ccc(C#N)c1=O. The van der Waals surface area contributed by atoms with Crippen molar-refractivity contribution in [3.8, 4) is 16.6 Å². The van der Waals surface area contributed by atoms with Crippen LogP contribution in [0, 0.1) is 11.3 Å². The third-order valence-corrected chi connectivity index (χ3v) is 3.53. The van der Waals surface area contributed by atoms with Crippen LogP contribution in [0.15, 0.2) is 34.4 Å². The molecule has 0 aliphatic heterocycles. The summed E-state index contributed by atoms with van der Waals surface area (Å²) in [5, 5.41) is 10.9. The van der Waals surface area contributed by atoms with Crippen LogP contribution in [0.25, 0.3) is 10.6 Å². The Labute approximate surface area is 115 Å². The molecule has 0 unspecified atom stereocenters. The standard InChI is InChI=1S/C14H15N3OS/c1-14(2,16)9-17-11(12-4-3-7-19-12)6-5-10(8-15)13(17)18/h3-7H,9,16H2,1-2H3. The van der Waals surface area contributed by atoms with Gasteiger partial charge in [0.2, 0.25) is 0 Å². The van der Waals surface area contributed by atoms with E-state index in [-0.39, 0.29) is 11.1 Å². The number of hydrogen-bond acceptors (Lipinski definition) is 4. The summed E-state index contributed by atoms with van der Waals surface area (Å²) in [7, 11) is 0. The molecule has 0 atom stereocenters. The fraction of sp³-hybridized carbons (Fsp3) is 0.286. The van der Waals surface area contributed by atoms with E-state index >= 15 is 0 Å². The van der Waals surface area contributed by atoms with E-state index in [1.165, 1.54) is 0 Å². The van der Waals surface area contributed by atoms with Crippen molar-refractivity contribution in [2.24, 2.45) is 5.73 Å². The summed E-state index contributed by atoms with van der Waals surface area (Å²) in [4.78, 5) is 13.3. The lowest BCUT2D eigenvalue weighted by atomic mass is 10.1. The van der Waals surface area contributed by atoms with Crippen LogP contribution >= 0.6 is 11.3 Å². The molecule has 0 aliphatic rings. The summed E-state index contributed by atoms with van der Waals surface area (Å²) in [6.07, 6.45) is 0. The van der Waals surface area contributed by atoms with Crippen molar-refractivity contribution >= 4 is 11.3 Å². The fourth-order valence-corrected chi connectivity index (χ4v) is 2.63. The predicted molar refractivity (Wildman–Crippen MR) is 77.0 cm³/mol. The van der Waals surface area contributed by atoms with E-state index in [4.69, 9.17) is 11.0 Å². The van der Waals surface area contributed by atoms with Crippen molar-refractivity contribution in [1.82, 2.24) is 4.57 Å². The molecule has 98 valence electrons. The van der Waals surface area contributed by atoms with Crippen LogP contribution in [0.3, 0.4) is 0 Å². The molecule has 2 aromatic heterocycles. The Morgan fingerprint density at radius 1 is 1.42 bits per heavy atom. The summed E-state index contributed by atoms with van der Waals surface area (Å²) in [6.45, 7) is 4.09. The van der Waals surface area contributed by atoms with Gasteiger partial charge in [-0.1, -0.05) is 6.07 Å². The van der Waals surface area contributed by atoms with E-state index in [1.807, 2.05) is 37.4 Å². The summed E-state index contributed by atoms with van der Waals surface area (Å²) in [6, 6.07) is 9.17. The Hall–Kier alpha value is -1.90. The van der Waals surface area contributed by atoms with Gasteiger partial charge < -0.3 is 10.3 Å². The molecular formula is C14H15N3OS. The molecule has 19 heavy (non-hydrogen) atoms. The van der Waals surface area contributed by atoms with Gasteiger partial charge in [0.1, 0.15) is 11.6 Å². The number of hydrogen-bond donors (Lipinski definition) is 1. The molecule has 0 spiro atoms. The van der Waals surface area contributed by atoms with Gasteiger partial charge in [0.05, 0.1) is 10.6 Å². The van der Waals surface area contributed by atoms with Crippen molar-refractivity contribution in [2.45, 2.75) is 25.9 Å². The molecule has 2 rings (SSSR count). The molecule has 0 bridgehead atoms. The molecular weight excluding hydrogens is 258 g/mol. The highest BCUT2D eigenvalue weighted by atomic mass is 32.1. The maximum atomic E-state index is 12.3. The number of nitriles is 1. The highest BCUT2D eigenvalue weighted by Gasteiger charge is 2.18. The molecule has 5 heteroatoms. The van der Waals surface area contributed by atoms with E-state index in [0.29, 0.717) is 6.54 Å². The number of nitrogens with zero attached hydrogens (tertiary/aromatic N) is 2. The molecule has 0 aromatic carbocycles. The number of aromatic nitrogens is 1. The smallest absolute Gasteiger partial charge is 0.269 e. The molecule has 4 nitrogen and oxygen atoms in total. The van der Waals surface area contributed by atoms with Gasteiger partial charge in [-0.3, -0.25) is 4.79 Å². The molecule has 2 heterocycles. The summed E-state index contributed by atoms with van der Waals surface area (Å²) in [5.41, 5.74) is 6.15. The molecule has 0 fully saturated rings. The van der Waals surface area contributed by atoms with E-state index in [1.54, 1.807) is 28.0 Å². The van der Waals surface area contributed by atoms with Gasteiger partial charge in [-0.2, -0.15) is 5.26 Å². The third kappa shape index (κ3) is 2.92. The second-order valence-electron chi connectivity index (χ2n) is 5.10. The molecule has 0 saturated heterocycles. The van der Waals surface area contributed by atoms with Crippen molar-refractivity contribution in [3.63, 3.8) is 0 Å². The Bertz CT molecular complexity index is 672.